The van der Waals surface area contributed by atoms with Crippen molar-refractivity contribution in [1.29, 1.82) is 0 Å². The molecule has 1 rings (SSSR count). The van der Waals surface area contributed by atoms with Crippen LogP contribution >= 0.6 is 0 Å². The van der Waals surface area contributed by atoms with E-state index in [0.717, 1.165) is 0 Å². The number of nitrogens with zero attached hydrogens (tertiary/aromatic N) is 1. The summed E-state index contributed by atoms with van der Waals surface area (Å²) in [5.74, 6) is 0. The Morgan fingerprint density at radius 3 is 1.71 bits per heavy atom. The summed E-state index contributed by atoms with van der Waals surface area (Å²) in [6, 6.07) is 0. The molecule has 1 aliphatic heterocycles. The molecule has 0 aromatic heterocycles. The van der Waals surface area contributed by atoms with Gasteiger partial charge in [0.25, 0.3) is 0 Å². The van der Waals surface area contributed by atoms with E-state index >= 15 is 0 Å². The first-order valence-corrected chi connectivity index (χ1v) is 1.90. The standard InChI is InChI=1S/C4H8N.BrH.Mg/c1-5-3-2-4-5;;/h2H,3-4H2,1H3;1H;/q-1;;+2/p-1. The fourth-order valence-electron chi connectivity index (χ4n) is 0.387. The van der Waals surface area contributed by atoms with Crippen LogP contribution < -0.4 is 17.0 Å². The monoisotopic (exact) mass is 173 g/mol. The van der Waals surface area contributed by atoms with Gasteiger partial charge in [-0.05, 0) is 7.05 Å². The van der Waals surface area contributed by atoms with Crippen LogP contribution in [-0.4, -0.2) is 48.1 Å². The van der Waals surface area contributed by atoms with Crippen molar-refractivity contribution in [2.45, 2.75) is 0 Å². The molecule has 7 heavy (non-hydrogen) atoms. The Morgan fingerprint density at radius 1 is 1.43 bits per heavy atom. The molecule has 1 nitrogen and oxygen atoms in total. The fraction of sp³-hybridized carbons (Fsp3) is 0.750. The minimum atomic E-state index is 0. The molecule has 1 heterocycles. The van der Waals surface area contributed by atoms with Gasteiger partial charge in [0.15, 0.2) is 0 Å². The maximum atomic E-state index is 2.25. The van der Waals surface area contributed by atoms with E-state index in [9.17, 15) is 0 Å². The molecule has 0 aromatic carbocycles. The molecule has 0 aromatic rings. The summed E-state index contributed by atoms with van der Waals surface area (Å²) in [4.78, 5) is 2.25. The first-order valence-electron chi connectivity index (χ1n) is 1.90. The molecule has 0 aliphatic carbocycles. The minimum Gasteiger partial charge on any atom is -1.00 e. The zero-order chi connectivity index (χ0) is 3.70. The van der Waals surface area contributed by atoms with E-state index in [-0.39, 0.29) is 40.0 Å². The Morgan fingerprint density at radius 2 is 1.71 bits per heavy atom. The molecule has 0 saturated carbocycles. The van der Waals surface area contributed by atoms with Crippen LogP contribution in [0.4, 0.5) is 0 Å². The van der Waals surface area contributed by atoms with Gasteiger partial charge in [0.2, 0.25) is 0 Å². The van der Waals surface area contributed by atoms with Crippen LogP contribution in [0.15, 0.2) is 0 Å². The van der Waals surface area contributed by atoms with Gasteiger partial charge in [0, 0.05) is 0 Å². The van der Waals surface area contributed by atoms with Crippen molar-refractivity contribution in [2.75, 3.05) is 20.1 Å². The van der Waals surface area contributed by atoms with Gasteiger partial charge in [-0.25, -0.2) is 0 Å². The SMILES string of the molecule is CN1C[CH-]C1.[Br-].[Mg+2]. The molecular weight excluding hydrogens is 166 g/mol. The van der Waals surface area contributed by atoms with E-state index in [1.54, 1.807) is 0 Å². The second-order valence-corrected chi connectivity index (χ2v) is 1.51. The molecule has 0 amide bonds. The molecule has 1 fully saturated rings. The summed E-state index contributed by atoms with van der Waals surface area (Å²) in [7, 11) is 2.11. The van der Waals surface area contributed by atoms with Gasteiger partial charge in [-0.15, -0.1) is 13.1 Å². The third kappa shape index (κ3) is 3.76. The molecule has 38 valence electrons. The largest absolute Gasteiger partial charge is 2.00 e. The summed E-state index contributed by atoms with van der Waals surface area (Å²) in [5, 5.41) is 0. The average molecular weight is 174 g/mol. The zero-order valence-corrected chi connectivity index (χ0v) is 7.52. The summed E-state index contributed by atoms with van der Waals surface area (Å²) >= 11 is 0. The Balaban J connectivity index is 0. The second-order valence-electron chi connectivity index (χ2n) is 1.51. The van der Waals surface area contributed by atoms with Crippen LogP contribution in [0, 0.1) is 6.42 Å². The molecule has 0 N–H and O–H groups in total. The normalized spacial score (nSPS) is 18.4. The van der Waals surface area contributed by atoms with Crippen LogP contribution in [0.25, 0.3) is 0 Å². The maximum absolute atomic E-state index is 2.25. The van der Waals surface area contributed by atoms with Gasteiger partial charge in [0.05, 0.1) is 0 Å². The Bertz CT molecular complexity index is 38.7. The Hall–Kier alpha value is 1.21. The Kier molecular flexibility index (Phi) is 8.45. The van der Waals surface area contributed by atoms with E-state index in [4.69, 9.17) is 0 Å². The number of hydrogen-bond acceptors (Lipinski definition) is 1. The number of hydrogen-bond donors (Lipinski definition) is 0. The van der Waals surface area contributed by atoms with Crippen molar-refractivity contribution in [3.8, 4) is 0 Å². The van der Waals surface area contributed by atoms with E-state index in [2.05, 4.69) is 18.4 Å². The molecule has 0 radical (unpaired) electrons. The number of rotatable bonds is 0. The summed E-state index contributed by atoms with van der Waals surface area (Å²) < 4.78 is 0. The summed E-state index contributed by atoms with van der Waals surface area (Å²) in [6.45, 7) is 2.39. The minimum absolute atomic E-state index is 0. The van der Waals surface area contributed by atoms with Gasteiger partial charge in [-0.3, -0.25) is 0 Å². The smallest absolute Gasteiger partial charge is 1.00 e. The fourth-order valence-corrected chi connectivity index (χ4v) is 0.387. The van der Waals surface area contributed by atoms with Crippen molar-refractivity contribution < 1.29 is 17.0 Å². The quantitative estimate of drug-likeness (QED) is 0.276. The van der Waals surface area contributed by atoms with Crippen molar-refractivity contribution in [1.82, 2.24) is 4.90 Å². The average Bonchev–Trinajstić information content (AvgIpc) is 1.30. The second kappa shape index (κ2) is 5.35. The first-order chi connectivity index (χ1) is 2.39. The molecular formula is C4H8BrMgN. The molecule has 1 saturated heterocycles. The van der Waals surface area contributed by atoms with Crippen LogP contribution in [0.2, 0.25) is 0 Å². The number of halogens is 1. The zero-order valence-electron chi connectivity index (χ0n) is 4.52. The molecule has 0 unspecified atom stereocenters. The van der Waals surface area contributed by atoms with Gasteiger partial charge >= 0.3 is 23.1 Å². The van der Waals surface area contributed by atoms with Gasteiger partial charge < -0.3 is 28.3 Å². The topological polar surface area (TPSA) is 3.24 Å². The summed E-state index contributed by atoms with van der Waals surface area (Å²) in [6.07, 6.45) is 2.25. The van der Waals surface area contributed by atoms with Crippen molar-refractivity contribution in [3.05, 3.63) is 6.42 Å². The van der Waals surface area contributed by atoms with E-state index in [0.29, 0.717) is 0 Å². The van der Waals surface area contributed by atoms with Crippen LogP contribution in [0.5, 0.6) is 0 Å². The van der Waals surface area contributed by atoms with E-state index in [1.807, 2.05) is 0 Å². The van der Waals surface area contributed by atoms with Crippen molar-refractivity contribution in [3.63, 3.8) is 0 Å². The molecule has 0 atom stereocenters. The third-order valence-electron chi connectivity index (χ3n) is 0.882. The predicted molar refractivity (Wildman–Crippen MR) is 27.6 cm³/mol. The predicted octanol–water partition coefficient (Wildman–Crippen LogP) is -3.24. The molecule has 3 heteroatoms. The molecule has 1 aliphatic rings. The van der Waals surface area contributed by atoms with Crippen molar-refractivity contribution in [2.24, 2.45) is 0 Å². The van der Waals surface area contributed by atoms with Crippen LogP contribution in [0.3, 0.4) is 0 Å². The van der Waals surface area contributed by atoms with E-state index in [1.165, 1.54) is 13.1 Å². The van der Waals surface area contributed by atoms with Gasteiger partial charge in [-0.1, -0.05) is 0 Å². The number of likely N-dealkylation sites (tertiary alicyclic amines) is 1. The van der Waals surface area contributed by atoms with Gasteiger partial charge in [-0.2, -0.15) is 0 Å². The van der Waals surface area contributed by atoms with Crippen LogP contribution in [-0.2, 0) is 0 Å². The molecule has 0 spiro atoms. The first kappa shape index (κ1) is 11.1. The van der Waals surface area contributed by atoms with Crippen molar-refractivity contribution >= 4 is 23.1 Å². The molecule has 0 bridgehead atoms. The van der Waals surface area contributed by atoms with Gasteiger partial charge in [0.1, 0.15) is 0 Å². The Labute approximate surface area is 71.4 Å². The van der Waals surface area contributed by atoms with Crippen LogP contribution in [0.1, 0.15) is 0 Å². The van der Waals surface area contributed by atoms with E-state index < -0.39 is 0 Å². The third-order valence-corrected chi connectivity index (χ3v) is 0.882. The maximum Gasteiger partial charge on any atom is 2.00 e. The summed E-state index contributed by atoms with van der Waals surface area (Å²) in [5.41, 5.74) is 0.